The Hall–Kier alpha value is -1.91. The third-order valence-corrected chi connectivity index (χ3v) is 6.87. The summed E-state index contributed by atoms with van der Waals surface area (Å²) in [5.41, 5.74) is 4.72. The molecule has 1 aromatic carbocycles. The molecule has 1 aliphatic carbocycles. The van der Waals surface area contributed by atoms with Crippen LogP contribution in [0.2, 0.25) is 0 Å². The largest absolute Gasteiger partial charge is 0.465 e. The molecule has 0 radical (unpaired) electrons. The Kier molecular flexibility index (Phi) is 6.41. The van der Waals surface area contributed by atoms with Crippen LogP contribution in [0.15, 0.2) is 36.4 Å². The van der Waals surface area contributed by atoms with Crippen molar-refractivity contribution in [3.8, 4) is 0 Å². The molecule has 0 fully saturated rings. The van der Waals surface area contributed by atoms with E-state index in [1.807, 2.05) is 20.8 Å². The third kappa shape index (κ3) is 4.23. The third-order valence-electron chi connectivity index (χ3n) is 5.35. The van der Waals surface area contributed by atoms with Crippen LogP contribution in [0.25, 0.3) is 5.57 Å². The van der Waals surface area contributed by atoms with E-state index in [4.69, 9.17) is 4.74 Å². The molecule has 1 aliphatic rings. The van der Waals surface area contributed by atoms with Gasteiger partial charge in [-0.25, -0.2) is 0 Å². The smallest absolute Gasteiger partial charge is 0.316 e. The summed E-state index contributed by atoms with van der Waals surface area (Å²) < 4.78 is 5.34. The molecule has 1 heterocycles. The first-order valence-corrected chi connectivity index (χ1v) is 10.9. The van der Waals surface area contributed by atoms with Crippen molar-refractivity contribution in [1.29, 1.82) is 0 Å². The van der Waals surface area contributed by atoms with Crippen LogP contribution < -0.4 is 0 Å². The van der Waals surface area contributed by atoms with Crippen LogP contribution in [0, 0.1) is 0 Å². The molecule has 0 saturated carbocycles. The Bertz CT molecular complexity index is 876. The van der Waals surface area contributed by atoms with Gasteiger partial charge in [0.2, 0.25) is 0 Å². The number of thiophene rings is 1. The van der Waals surface area contributed by atoms with Gasteiger partial charge in [-0.2, -0.15) is 0 Å². The molecule has 0 bridgehead atoms. The predicted molar refractivity (Wildman–Crippen MR) is 118 cm³/mol. The Morgan fingerprint density at radius 2 is 1.96 bits per heavy atom. The van der Waals surface area contributed by atoms with Gasteiger partial charge in [0.05, 0.1) is 12.0 Å². The zero-order valence-electron chi connectivity index (χ0n) is 17.7. The lowest BCUT2D eigenvalue weighted by atomic mass is 9.89. The second-order valence-electron chi connectivity index (χ2n) is 8.16. The number of hydrogen-bond donors (Lipinski definition) is 0. The maximum atomic E-state index is 12.5. The lowest BCUT2D eigenvalue weighted by Crippen LogP contribution is -2.30. The Labute approximate surface area is 173 Å². The lowest BCUT2D eigenvalue weighted by Gasteiger charge is -2.20. The van der Waals surface area contributed by atoms with Crippen molar-refractivity contribution >= 4 is 22.9 Å². The monoisotopic (exact) mass is 397 g/mol. The molecule has 3 rings (SSSR count). The summed E-state index contributed by atoms with van der Waals surface area (Å²) in [6.07, 6.45) is 5.42. The summed E-state index contributed by atoms with van der Waals surface area (Å²) in [6.45, 7) is 7.24. The molecule has 0 amide bonds. The van der Waals surface area contributed by atoms with Gasteiger partial charge in [-0.1, -0.05) is 30.3 Å². The summed E-state index contributed by atoms with van der Waals surface area (Å²) in [4.78, 5) is 17.2. The predicted octanol–water partition coefficient (Wildman–Crippen LogP) is 5.07. The summed E-state index contributed by atoms with van der Waals surface area (Å²) in [6, 6.07) is 11.0. The number of aryl methyl sites for hydroxylation is 2. The molecule has 0 N–H and O–H groups in total. The average molecular weight is 398 g/mol. The number of ether oxygens (including phenoxy) is 1. The maximum Gasteiger partial charge on any atom is 0.316 e. The van der Waals surface area contributed by atoms with Crippen molar-refractivity contribution < 1.29 is 9.53 Å². The van der Waals surface area contributed by atoms with Gasteiger partial charge in [0.15, 0.2) is 0 Å². The van der Waals surface area contributed by atoms with Gasteiger partial charge in [0.1, 0.15) is 0 Å². The molecule has 28 heavy (non-hydrogen) atoms. The van der Waals surface area contributed by atoms with Crippen LogP contribution >= 0.6 is 11.3 Å². The minimum Gasteiger partial charge on any atom is -0.465 e. The van der Waals surface area contributed by atoms with Gasteiger partial charge >= 0.3 is 5.97 Å². The SMILES string of the molecule is CCOC(=O)C(C)(C)c1cc2c(s1)CCc1ccccc1C2=CCCN(C)C. The van der Waals surface area contributed by atoms with Crippen molar-refractivity contribution in [2.45, 2.75) is 45.4 Å². The van der Waals surface area contributed by atoms with Crippen molar-refractivity contribution in [3.63, 3.8) is 0 Å². The molecular formula is C24H31NO2S. The molecule has 0 unspecified atom stereocenters. The zero-order chi connectivity index (χ0) is 20.3. The van der Waals surface area contributed by atoms with E-state index >= 15 is 0 Å². The number of benzene rings is 1. The highest BCUT2D eigenvalue weighted by Crippen LogP contribution is 2.42. The highest BCUT2D eigenvalue weighted by Gasteiger charge is 2.35. The van der Waals surface area contributed by atoms with E-state index in [1.165, 1.54) is 27.1 Å². The number of carbonyl (C=O) groups excluding carboxylic acids is 1. The fraction of sp³-hybridized carbons (Fsp3) is 0.458. The molecule has 0 saturated heterocycles. The number of nitrogens with zero attached hydrogens (tertiary/aromatic N) is 1. The molecule has 4 heteroatoms. The van der Waals surface area contributed by atoms with Gasteiger partial charge in [0, 0.05) is 16.3 Å². The molecule has 150 valence electrons. The van der Waals surface area contributed by atoms with E-state index in [0.29, 0.717) is 6.61 Å². The molecular weight excluding hydrogens is 366 g/mol. The molecule has 3 nitrogen and oxygen atoms in total. The highest BCUT2D eigenvalue weighted by atomic mass is 32.1. The Balaban J connectivity index is 2.06. The van der Waals surface area contributed by atoms with Crippen molar-refractivity contribution in [1.82, 2.24) is 4.90 Å². The van der Waals surface area contributed by atoms with Crippen LogP contribution in [0.4, 0.5) is 0 Å². The standard InChI is InChI=1S/C24H31NO2S/c1-6-27-23(26)24(2,3)22-16-20-19(12-9-15-25(4)5)18-11-8-7-10-17(18)13-14-21(20)28-22/h7-8,10-12,16H,6,9,13-15H2,1-5H3. The van der Waals surface area contributed by atoms with Gasteiger partial charge in [-0.15, -0.1) is 11.3 Å². The van der Waals surface area contributed by atoms with Gasteiger partial charge in [-0.05, 0) is 82.5 Å². The zero-order valence-corrected chi connectivity index (χ0v) is 18.5. The Morgan fingerprint density at radius 1 is 1.21 bits per heavy atom. The van der Waals surface area contributed by atoms with E-state index in [-0.39, 0.29) is 5.97 Å². The summed E-state index contributed by atoms with van der Waals surface area (Å²) in [5.74, 6) is -0.148. The van der Waals surface area contributed by atoms with E-state index < -0.39 is 5.41 Å². The first-order chi connectivity index (χ1) is 13.3. The minimum absolute atomic E-state index is 0.148. The summed E-state index contributed by atoms with van der Waals surface area (Å²) in [5, 5.41) is 0. The second kappa shape index (κ2) is 8.62. The first-order valence-electron chi connectivity index (χ1n) is 10.1. The highest BCUT2D eigenvalue weighted by molar-refractivity contribution is 7.12. The van der Waals surface area contributed by atoms with Crippen LogP contribution in [-0.2, 0) is 27.8 Å². The van der Waals surface area contributed by atoms with Crippen LogP contribution in [0.5, 0.6) is 0 Å². The number of carbonyl (C=O) groups is 1. The average Bonchev–Trinajstić information content (AvgIpc) is 3.03. The van der Waals surface area contributed by atoms with Crippen LogP contribution in [-0.4, -0.2) is 38.1 Å². The van der Waals surface area contributed by atoms with Crippen molar-refractivity contribution in [3.05, 3.63) is 62.9 Å². The van der Waals surface area contributed by atoms with E-state index in [9.17, 15) is 4.79 Å². The second-order valence-corrected chi connectivity index (χ2v) is 9.30. The quantitative estimate of drug-likeness (QED) is 0.637. The minimum atomic E-state index is -0.624. The fourth-order valence-corrected chi connectivity index (χ4v) is 4.91. The summed E-state index contributed by atoms with van der Waals surface area (Å²) >= 11 is 1.77. The molecule has 1 aromatic heterocycles. The van der Waals surface area contributed by atoms with Crippen LogP contribution in [0.1, 0.15) is 53.6 Å². The van der Waals surface area contributed by atoms with E-state index in [2.05, 4.69) is 55.4 Å². The molecule has 0 atom stereocenters. The van der Waals surface area contributed by atoms with E-state index in [1.54, 1.807) is 11.3 Å². The van der Waals surface area contributed by atoms with Gasteiger partial charge < -0.3 is 9.64 Å². The molecule has 0 spiro atoms. The van der Waals surface area contributed by atoms with Crippen LogP contribution in [0.3, 0.4) is 0 Å². The van der Waals surface area contributed by atoms with Gasteiger partial charge in [0.25, 0.3) is 0 Å². The van der Waals surface area contributed by atoms with Crippen molar-refractivity contribution in [2.24, 2.45) is 0 Å². The maximum absolute atomic E-state index is 12.5. The lowest BCUT2D eigenvalue weighted by molar-refractivity contribution is -0.148. The normalized spacial score (nSPS) is 15.3. The molecule has 2 aromatic rings. The Morgan fingerprint density at radius 3 is 2.68 bits per heavy atom. The first kappa shape index (κ1) is 20.8. The fourth-order valence-electron chi connectivity index (χ4n) is 3.64. The number of fused-ring (bicyclic) bond motifs is 2. The summed E-state index contributed by atoms with van der Waals surface area (Å²) in [7, 11) is 4.21. The molecule has 0 aliphatic heterocycles. The topological polar surface area (TPSA) is 29.5 Å². The number of rotatable bonds is 6. The van der Waals surface area contributed by atoms with Gasteiger partial charge in [-0.3, -0.25) is 4.79 Å². The van der Waals surface area contributed by atoms with E-state index in [0.717, 1.165) is 30.7 Å². The number of esters is 1. The van der Waals surface area contributed by atoms with Crippen molar-refractivity contribution in [2.75, 3.05) is 27.2 Å². The number of hydrogen-bond acceptors (Lipinski definition) is 4.